The van der Waals surface area contributed by atoms with Crippen molar-refractivity contribution in [1.82, 2.24) is 0 Å². The summed E-state index contributed by atoms with van der Waals surface area (Å²) in [5.74, 6) is -0.459. The van der Waals surface area contributed by atoms with Gasteiger partial charge in [0.25, 0.3) is 0 Å². The molecule has 92 valence electrons. The molecule has 2 aromatic rings. The minimum atomic E-state index is -0.693. The molecule has 1 aliphatic rings. The molecule has 0 bridgehead atoms. The first-order chi connectivity index (χ1) is 8.54. The van der Waals surface area contributed by atoms with Crippen molar-refractivity contribution in [3.8, 4) is 0 Å². The molecule has 0 heterocycles. The van der Waals surface area contributed by atoms with Gasteiger partial charge in [0, 0.05) is 0 Å². The largest absolute Gasteiger partial charge is 0.481 e. The summed E-state index contributed by atoms with van der Waals surface area (Å²) in [7, 11) is 0. The fourth-order valence-corrected chi connectivity index (χ4v) is 2.89. The Morgan fingerprint density at radius 3 is 2.44 bits per heavy atom. The maximum atomic E-state index is 11.5. The van der Waals surface area contributed by atoms with Gasteiger partial charge in [0.2, 0.25) is 0 Å². The van der Waals surface area contributed by atoms with Gasteiger partial charge in [-0.15, -0.1) is 0 Å². The van der Waals surface area contributed by atoms with Crippen LogP contribution in [-0.2, 0) is 10.2 Å². The molecular weight excluding hydrogens is 224 g/mol. The molecular formula is C16H16O2. The summed E-state index contributed by atoms with van der Waals surface area (Å²) in [6, 6.07) is 12.3. The lowest BCUT2D eigenvalue weighted by atomic mass is 9.91. The van der Waals surface area contributed by atoms with Crippen molar-refractivity contribution in [2.45, 2.75) is 25.7 Å². The molecule has 0 aromatic heterocycles. The molecule has 0 radical (unpaired) electrons. The van der Waals surface area contributed by atoms with Gasteiger partial charge in [-0.3, -0.25) is 4.79 Å². The number of carboxylic acid groups (broad SMARTS) is 1. The van der Waals surface area contributed by atoms with Crippen molar-refractivity contribution >= 4 is 16.7 Å². The number of aliphatic carboxylic acids is 1. The molecule has 18 heavy (non-hydrogen) atoms. The molecule has 2 atom stereocenters. The van der Waals surface area contributed by atoms with Crippen LogP contribution < -0.4 is 0 Å². The van der Waals surface area contributed by atoms with E-state index in [1.807, 2.05) is 25.1 Å². The second kappa shape index (κ2) is 3.58. The number of hydrogen-bond donors (Lipinski definition) is 1. The number of hydrogen-bond acceptors (Lipinski definition) is 1. The topological polar surface area (TPSA) is 37.3 Å². The monoisotopic (exact) mass is 240 g/mol. The smallest absolute Gasteiger partial charge is 0.314 e. The Morgan fingerprint density at radius 2 is 1.83 bits per heavy atom. The zero-order valence-corrected chi connectivity index (χ0v) is 10.6. The normalized spacial score (nSPS) is 26.2. The van der Waals surface area contributed by atoms with Gasteiger partial charge >= 0.3 is 5.97 Å². The summed E-state index contributed by atoms with van der Waals surface area (Å²) in [5, 5.41) is 11.7. The van der Waals surface area contributed by atoms with Gasteiger partial charge < -0.3 is 5.11 Å². The number of rotatable bonds is 2. The van der Waals surface area contributed by atoms with Crippen molar-refractivity contribution in [2.24, 2.45) is 5.92 Å². The molecule has 0 spiro atoms. The van der Waals surface area contributed by atoms with Crippen LogP contribution in [0.2, 0.25) is 0 Å². The van der Waals surface area contributed by atoms with Gasteiger partial charge in [0.1, 0.15) is 0 Å². The fraction of sp³-hybridized carbons (Fsp3) is 0.312. The molecule has 1 saturated carbocycles. The van der Waals surface area contributed by atoms with Gasteiger partial charge in [0.05, 0.1) is 5.41 Å². The Kier molecular flexibility index (Phi) is 2.24. The first-order valence-electron chi connectivity index (χ1n) is 6.28. The second-order valence-corrected chi connectivity index (χ2v) is 5.45. The van der Waals surface area contributed by atoms with E-state index in [1.54, 1.807) is 0 Å². The molecule has 2 aromatic carbocycles. The summed E-state index contributed by atoms with van der Waals surface area (Å²) < 4.78 is 0. The van der Waals surface area contributed by atoms with E-state index in [0.717, 1.165) is 17.4 Å². The van der Waals surface area contributed by atoms with Crippen LogP contribution in [-0.4, -0.2) is 11.1 Å². The van der Waals surface area contributed by atoms with E-state index in [9.17, 15) is 9.90 Å². The molecule has 2 nitrogen and oxygen atoms in total. The zero-order chi connectivity index (χ0) is 12.9. The Balaban J connectivity index is 2.15. The van der Waals surface area contributed by atoms with E-state index in [0.29, 0.717) is 0 Å². The van der Waals surface area contributed by atoms with Crippen molar-refractivity contribution in [3.05, 3.63) is 47.5 Å². The maximum absolute atomic E-state index is 11.5. The average molecular weight is 240 g/mol. The van der Waals surface area contributed by atoms with Crippen LogP contribution in [0.1, 0.15) is 24.5 Å². The number of carboxylic acids is 1. The van der Waals surface area contributed by atoms with E-state index in [2.05, 4.69) is 25.1 Å². The van der Waals surface area contributed by atoms with Gasteiger partial charge in [-0.05, 0) is 41.7 Å². The van der Waals surface area contributed by atoms with Crippen LogP contribution in [0.25, 0.3) is 10.8 Å². The molecule has 0 saturated heterocycles. The van der Waals surface area contributed by atoms with Crippen LogP contribution in [0, 0.1) is 12.8 Å². The Bertz CT molecular complexity index is 645. The third-order valence-electron chi connectivity index (χ3n) is 4.20. The van der Waals surface area contributed by atoms with Gasteiger partial charge in [0.15, 0.2) is 0 Å². The summed E-state index contributed by atoms with van der Waals surface area (Å²) in [5.41, 5.74) is 1.53. The Morgan fingerprint density at radius 1 is 1.22 bits per heavy atom. The van der Waals surface area contributed by atoms with E-state index in [1.165, 1.54) is 10.9 Å². The SMILES string of the molecule is Cc1ccc2cc(C3(C(=O)O)CC3C)ccc2c1. The van der Waals surface area contributed by atoms with Crippen molar-refractivity contribution in [2.75, 3.05) is 0 Å². The molecule has 1 N–H and O–H groups in total. The molecule has 0 aliphatic heterocycles. The molecule has 3 rings (SSSR count). The predicted octanol–water partition coefficient (Wildman–Crippen LogP) is 3.51. The van der Waals surface area contributed by atoms with Gasteiger partial charge in [-0.1, -0.05) is 42.8 Å². The quantitative estimate of drug-likeness (QED) is 0.872. The lowest BCUT2D eigenvalue weighted by molar-refractivity contribution is -0.140. The minimum absolute atomic E-state index is 0.234. The summed E-state index contributed by atoms with van der Waals surface area (Å²) in [6.45, 7) is 4.07. The average Bonchev–Trinajstić information content (AvgIpc) is 3.02. The fourth-order valence-electron chi connectivity index (χ4n) is 2.89. The van der Waals surface area contributed by atoms with E-state index in [4.69, 9.17) is 0 Å². The molecule has 1 aliphatic carbocycles. The highest BCUT2D eigenvalue weighted by Gasteiger charge is 2.58. The first kappa shape index (κ1) is 11.3. The van der Waals surface area contributed by atoms with E-state index < -0.39 is 11.4 Å². The lowest BCUT2D eigenvalue weighted by Gasteiger charge is -2.13. The second-order valence-electron chi connectivity index (χ2n) is 5.45. The maximum Gasteiger partial charge on any atom is 0.314 e. The van der Waals surface area contributed by atoms with Crippen LogP contribution in [0.15, 0.2) is 36.4 Å². The van der Waals surface area contributed by atoms with Crippen molar-refractivity contribution in [3.63, 3.8) is 0 Å². The van der Waals surface area contributed by atoms with E-state index in [-0.39, 0.29) is 5.92 Å². The Hall–Kier alpha value is -1.83. The number of carbonyl (C=O) groups is 1. The van der Waals surface area contributed by atoms with Crippen molar-refractivity contribution in [1.29, 1.82) is 0 Å². The summed E-state index contributed by atoms with van der Waals surface area (Å²) in [4.78, 5) is 11.5. The standard InChI is InChI=1S/C16H16O2/c1-10-3-4-13-8-14(6-5-12(13)7-10)16(15(17)18)9-11(16)2/h3-8,11H,9H2,1-2H3,(H,17,18). The van der Waals surface area contributed by atoms with Crippen LogP contribution >= 0.6 is 0 Å². The van der Waals surface area contributed by atoms with Gasteiger partial charge in [-0.25, -0.2) is 0 Å². The van der Waals surface area contributed by atoms with Crippen LogP contribution in [0.5, 0.6) is 0 Å². The molecule has 2 heteroatoms. The lowest BCUT2D eigenvalue weighted by Crippen LogP contribution is -2.21. The molecule has 0 amide bonds. The Labute approximate surface area is 106 Å². The highest BCUT2D eigenvalue weighted by molar-refractivity contribution is 5.90. The minimum Gasteiger partial charge on any atom is -0.481 e. The first-order valence-corrected chi connectivity index (χ1v) is 6.28. The molecule has 1 fully saturated rings. The zero-order valence-electron chi connectivity index (χ0n) is 10.6. The number of benzene rings is 2. The third-order valence-corrected chi connectivity index (χ3v) is 4.20. The highest BCUT2D eigenvalue weighted by Crippen LogP contribution is 2.54. The third kappa shape index (κ3) is 1.45. The van der Waals surface area contributed by atoms with Gasteiger partial charge in [-0.2, -0.15) is 0 Å². The number of aryl methyl sites for hydroxylation is 1. The van der Waals surface area contributed by atoms with Crippen LogP contribution in [0.3, 0.4) is 0 Å². The summed E-state index contributed by atoms with van der Waals surface area (Å²) >= 11 is 0. The van der Waals surface area contributed by atoms with E-state index >= 15 is 0 Å². The predicted molar refractivity (Wildman–Crippen MR) is 71.8 cm³/mol. The van der Waals surface area contributed by atoms with Crippen molar-refractivity contribution < 1.29 is 9.90 Å². The highest BCUT2D eigenvalue weighted by atomic mass is 16.4. The summed E-state index contributed by atoms with van der Waals surface area (Å²) in [6.07, 6.45) is 0.750. The number of fused-ring (bicyclic) bond motifs is 1. The molecule has 2 unspecified atom stereocenters. The van der Waals surface area contributed by atoms with Crippen LogP contribution in [0.4, 0.5) is 0 Å².